The Morgan fingerprint density at radius 2 is 2.05 bits per heavy atom. The van der Waals surface area contributed by atoms with Gasteiger partial charge < -0.3 is 15.7 Å². The Kier molecular flexibility index (Phi) is 4.32. The van der Waals surface area contributed by atoms with Crippen molar-refractivity contribution < 1.29 is 14.7 Å². The van der Waals surface area contributed by atoms with Crippen LogP contribution in [0.2, 0.25) is 0 Å². The SMILES string of the molecule is CCCC1(CNC(=O)NC2CCC(C(=O)O)C2)CC1. The Morgan fingerprint density at radius 1 is 1.32 bits per heavy atom. The van der Waals surface area contributed by atoms with Gasteiger partial charge in [-0.2, -0.15) is 0 Å². The summed E-state index contributed by atoms with van der Waals surface area (Å²) < 4.78 is 0. The lowest BCUT2D eigenvalue weighted by Gasteiger charge is -2.17. The lowest BCUT2D eigenvalue weighted by Crippen LogP contribution is -2.43. The summed E-state index contributed by atoms with van der Waals surface area (Å²) >= 11 is 0. The van der Waals surface area contributed by atoms with E-state index in [9.17, 15) is 9.59 Å². The van der Waals surface area contributed by atoms with Crippen LogP contribution in [0.4, 0.5) is 4.79 Å². The Labute approximate surface area is 114 Å². The van der Waals surface area contributed by atoms with Crippen molar-refractivity contribution in [2.24, 2.45) is 11.3 Å². The molecule has 0 aromatic heterocycles. The number of hydrogen-bond donors (Lipinski definition) is 3. The maximum atomic E-state index is 11.8. The van der Waals surface area contributed by atoms with Gasteiger partial charge in [-0.3, -0.25) is 4.79 Å². The fourth-order valence-electron chi connectivity index (χ4n) is 3.06. The molecular formula is C14H24N2O3. The zero-order valence-corrected chi connectivity index (χ0v) is 11.6. The third-order valence-corrected chi connectivity index (χ3v) is 4.48. The molecule has 2 fully saturated rings. The van der Waals surface area contributed by atoms with Crippen LogP contribution in [0.5, 0.6) is 0 Å². The number of nitrogens with one attached hydrogen (secondary N) is 2. The van der Waals surface area contributed by atoms with Crippen LogP contribution in [0.15, 0.2) is 0 Å². The minimum absolute atomic E-state index is 0.0161. The first-order valence-electron chi connectivity index (χ1n) is 7.32. The molecule has 0 aromatic rings. The molecule has 2 aliphatic carbocycles. The molecule has 2 aliphatic rings. The minimum atomic E-state index is -0.746. The van der Waals surface area contributed by atoms with Gasteiger partial charge in [0.1, 0.15) is 0 Å². The number of carboxylic acids is 1. The molecule has 2 amide bonds. The summed E-state index contributed by atoms with van der Waals surface area (Å²) in [6, 6.07) is -0.124. The third-order valence-electron chi connectivity index (χ3n) is 4.48. The van der Waals surface area contributed by atoms with Gasteiger partial charge in [0.05, 0.1) is 5.92 Å². The lowest BCUT2D eigenvalue weighted by molar-refractivity contribution is -0.141. The van der Waals surface area contributed by atoms with Crippen molar-refractivity contribution in [3.63, 3.8) is 0 Å². The molecule has 2 saturated carbocycles. The van der Waals surface area contributed by atoms with Crippen LogP contribution in [0.25, 0.3) is 0 Å². The fraction of sp³-hybridized carbons (Fsp3) is 0.857. The van der Waals surface area contributed by atoms with Gasteiger partial charge in [0, 0.05) is 12.6 Å². The van der Waals surface area contributed by atoms with E-state index < -0.39 is 5.97 Å². The monoisotopic (exact) mass is 268 g/mol. The van der Waals surface area contributed by atoms with Crippen LogP contribution in [-0.4, -0.2) is 29.7 Å². The normalized spacial score (nSPS) is 27.8. The summed E-state index contributed by atoms with van der Waals surface area (Å²) in [5, 5.41) is 14.8. The molecule has 0 aromatic carbocycles. The summed E-state index contributed by atoms with van der Waals surface area (Å²) in [7, 11) is 0. The van der Waals surface area contributed by atoms with Crippen LogP contribution < -0.4 is 10.6 Å². The lowest BCUT2D eigenvalue weighted by atomic mass is 10.0. The second-order valence-corrected chi connectivity index (χ2v) is 6.12. The molecule has 0 bridgehead atoms. The molecule has 2 rings (SSSR count). The smallest absolute Gasteiger partial charge is 0.315 e. The van der Waals surface area contributed by atoms with E-state index in [1.54, 1.807) is 0 Å². The minimum Gasteiger partial charge on any atom is -0.481 e. The Hall–Kier alpha value is -1.26. The highest BCUT2D eigenvalue weighted by atomic mass is 16.4. The van der Waals surface area contributed by atoms with Crippen molar-refractivity contribution in [1.29, 1.82) is 0 Å². The van der Waals surface area contributed by atoms with E-state index in [0.717, 1.165) is 19.4 Å². The summed E-state index contributed by atoms with van der Waals surface area (Å²) in [5.74, 6) is -1.04. The van der Waals surface area contributed by atoms with E-state index in [1.807, 2.05) is 0 Å². The van der Waals surface area contributed by atoms with Gasteiger partial charge >= 0.3 is 12.0 Å². The molecule has 2 atom stereocenters. The van der Waals surface area contributed by atoms with E-state index in [1.165, 1.54) is 19.3 Å². The number of carbonyl (C=O) groups is 2. The molecule has 19 heavy (non-hydrogen) atoms. The van der Waals surface area contributed by atoms with Crippen LogP contribution in [0.1, 0.15) is 51.9 Å². The first kappa shape index (κ1) is 14.2. The summed E-state index contributed by atoms with van der Waals surface area (Å²) in [6.45, 7) is 2.92. The molecule has 0 radical (unpaired) electrons. The van der Waals surface area contributed by atoms with Crippen molar-refractivity contribution in [3.8, 4) is 0 Å². The molecule has 0 aliphatic heterocycles. The molecular weight excluding hydrogens is 244 g/mol. The largest absolute Gasteiger partial charge is 0.481 e. The third kappa shape index (κ3) is 3.85. The van der Waals surface area contributed by atoms with E-state index in [2.05, 4.69) is 17.6 Å². The van der Waals surface area contributed by atoms with Crippen molar-refractivity contribution >= 4 is 12.0 Å². The van der Waals surface area contributed by atoms with Crippen molar-refractivity contribution in [2.45, 2.75) is 57.9 Å². The number of rotatable bonds is 6. The molecule has 0 saturated heterocycles. The van der Waals surface area contributed by atoms with Gasteiger partial charge in [0.2, 0.25) is 0 Å². The highest BCUT2D eigenvalue weighted by Gasteiger charge is 2.41. The van der Waals surface area contributed by atoms with Crippen LogP contribution in [-0.2, 0) is 4.79 Å². The number of carbonyl (C=O) groups excluding carboxylic acids is 1. The van der Waals surface area contributed by atoms with Gasteiger partial charge in [-0.25, -0.2) is 4.79 Å². The number of amides is 2. The molecule has 0 heterocycles. The number of urea groups is 1. The molecule has 5 nitrogen and oxygen atoms in total. The number of aliphatic carboxylic acids is 1. The first-order valence-corrected chi connectivity index (χ1v) is 7.32. The Bertz CT molecular complexity index is 353. The second kappa shape index (κ2) is 5.80. The quantitative estimate of drug-likeness (QED) is 0.690. The van der Waals surface area contributed by atoms with Gasteiger partial charge in [-0.15, -0.1) is 0 Å². The number of carboxylic acid groups (broad SMARTS) is 1. The van der Waals surface area contributed by atoms with Crippen molar-refractivity contribution in [1.82, 2.24) is 10.6 Å². The number of hydrogen-bond acceptors (Lipinski definition) is 2. The van der Waals surface area contributed by atoms with E-state index in [-0.39, 0.29) is 18.0 Å². The fourth-order valence-corrected chi connectivity index (χ4v) is 3.06. The molecule has 0 spiro atoms. The average Bonchev–Trinajstić information content (AvgIpc) is 2.96. The zero-order valence-electron chi connectivity index (χ0n) is 11.6. The topological polar surface area (TPSA) is 78.4 Å². The standard InChI is InChI=1S/C14H24N2O3/c1-2-5-14(6-7-14)9-15-13(19)16-11-4-3-10(8-11)12(17)18/h10-11H,2-9H2,1H3,(H,17,18)(H2,15,16,19). The predicted molar refractivity (Wildman–Crippen MR) is 71.9 cm³/mol. The van der Waals surface area contributed by atoms with Gasteiger partial charge in [0.25, 0.3) is 0 Å². The summed E-state index contributed by atoms with van der Waals surface area (Å²) in [5.41, 5.74) is 0.353. The predicted octanol–water partition coefficient (Wildman–Crippen LogP) is 2.12. The summed E-state index contributed by atoms with van der Waals surface area (Å²) in [6.07, 6.45) is 6.76. The second-order valence-electron chi connectivity index (χ2n) is 6.12. The van der Waals surface area contributed by atoms with E-state index in [4.69, 9.17) is 5.11 Å². The molecule has 108 valence electrons. The van der Waals surface area contributed by atoms with Crippen LogP contribution in [0.3, 0.4) is 0 Å². The maximum Gasteiger partial charge on any atom is 0.315 e. The van der Waals surface area contributed by atoms with E-state index in [0.29, 0.717) is 18.3 Å². The van der Waals surface area contributed by atoms with Gasteiger partial charge in [-0.1, -0.05) is 13.3 Å². The van der Waals surface area contributed by atoms with E-state index >= 15 is 0 Å². The van der Waals surface area contributed by atoms with Crippen molar-refractivity contribution in [2.75, 3.05) is 6.54 Å². The van der Waals surface area contributed by atoms with Crippen LogP contribution >= 0.6 is 0 Å². The van der Waals surface area contributed by atoms with Crippen molar-refractivity contribution in [3.05, 3.63) is 0 Å². The molecule has 2 unspecified atom stereocenters. The Balaban J connectivity index is 1.66. The molecule has 5 heteroatoms. The van der Waals surface area contributed by atoms with Crippen LogP contribution in [0, 0.1) is 11.3 Å². The zero-order chi connectivity index (χ0) is 13.9. The maximum absolute atomic E-state index is 11.8. The highest BCUT2D eigenvalue weighted by Crippen LogP contribution is 2.48. The highest BCUT2D eigenvalue weighted by molar-refractivity contribution is 5.75. The molecule has 3 N–H and O–H groups in total. The Morgan fingerprint density at radius 3 is 2.58 bits per heavy atom. The van der Waals surface area contributed by atoms with Gasteiger partial charge in [0.15, 0.2) is 0 Å². The average molecular weight is 268 g/mol. The van der Waals surface area contributed by atoms with Gasteiger partial charge in [-0.05, 0) is 43.9 Å². The summed E-state index contributed by atoms with van der Waals surface area (Å²) in [4.78, 5) is 22.6. The first-order chi connectivity index (χ1) is 9.04.